The average Bonchev–Trinajstić information content (AvgIpc) is 2.99. The Morgan fingerprint density at radius 2 is 2.28 bits per heavy atom. The molecule has 1 amide bonds. The van der Waals surface area contributed by atoms with Crippen molar-refractivity contribution in [2.75, 3.05) is 6.54 Å². The van der Waals surface area contributed by atoms with E-state index in [1.807, 2.05) is 16.3 Å². The zero-order chi connectivity index (χ0) is 13.0. The number of rotatable bonds is 5. The summed E-state index contributed by atoms with van der Waals surface area (Å²) >= 11 is 4.86. The van der Waals surface area contributed by atoms with Crippen molar-refractivity contribution < 1.29 is 9.21 Å². The number of thiophene rings is 1. The molecular weight excluding hydrogens is 314 g/mol. The highest BCUT2D eigenvalue weighted by atomic mass is 79.9. The molecule has 0 aliphatic heterocycles. The lowest BCUT2D eigenvalue weighted by Gasteiger charge is -2.20. The molecule has 0 unspecified atom stereocenters. The van der Waals surface area contributed by atoms with E-state index in [9.17, 15) is 4.79 Å². The van der Waals surface area contributed by atoms with E-state index in [1.165, 1.54) is 0 Å². The number of halogens is 1. The minimum atomic E-state index is -0.0613. The maximum atomic E-state index is 12.3. The van der Waals surface area contributed by atoms with E-state index in [0.29, 0.717) is 17.0 Å². The van der Waals surface area contributed by atoms with Gasteiger partial charge in [0, 0.05) is 13.1 Å². The number of amides is 1. The molecule has 0 aliphatic rings. The number of hydrogen-bond donors (Lipinski definition) is 0. The number of hydrogen-bond acceptors (Lipinski definition) is 3. The van der Waals surface area contributed by atoms with Gasteiger partial charge in [0.05, 0.1) is 0 Å². The second-order valence-electron chi connectivity index (χ2n) is 3.96. The van der Waals surface area contributed by atoms with Gasteiger partial charge in [-0.15, -0.1) is 0 Å². The number of nitrogens with zero attached hydrogens (tertiary/aromatic N) is 1. The Labute approximate surface area is 119 Å². The average molecular weight is 328 g/mol. The zero-order valence-electron chi connectivity index (χ0n) is 10.1. The topological polar surface area (TPSA) is 33.5 Å². The van der Waals surface area contributed by atoms with Crippen molar-refractivity contribution in [3.63, 3.8) is 0 Å². The Balaban J connectivity index is 2.11. The normalized spacial score (nSPS) is 10.6. The highest BCUT2D eigenvalue weighted by Gasteiger charge is 2.18. The first kappa shape index (κ1) is 13.4. The van der Waals surface area contributed by atoms with Gasteiger partial charge in [0.1, 0.15) is 0 Å². The van der Waals surface area contributed by atoms with Crippen LogP contribution in [0.2, 0.25) is 0 Å². The summed E-state index contributed by atoms with van der Waals surface area (Å²) in [6.07, 6.45) is 0.928. The number of carbonyl (C=O) groups excluding carboxylic acids is 1. The molecule has 3 nitrogen and oxygen atoms in total. The molecule has 0 fully saturated rings. The van der Waals surface area contributed by atoms with Gasteiger partial charge in [-0.2, -0.15) is 11.3 Å². The summed E-state index contributed by atoms with van der Waals surface area (Å²) in [7, 11) is 0. The second-order valence-corrected chi connectivity index (χ2v) is 5.52. The van der Waals surface area contributed by atoms with E-state index in [4.69, 9.17) is 4.42 Å². The summed E-state index contributed by atoms with van der Waals surface area (Å²) in [4.78, 5) is 14.1. The summed E-state index contributed by atoms with van der Waals surface area (Å²) in [5.74, 6) is 0.319. The fourth-order valence-electron chi connectivity index (χ4n) is 1.71. The van der Waals surface area contributed by atoms with Crippen molar-refractivity contribution in [3.05, 3.63) is 45.0 Å². The Bertz CT molecular complexity index is 507. The lowest BCUT2D eigenvalue weighted by atomic mass is 10.2. The van der Waals surface area contributed by atoms with E-state index < -0.39 is 0 Å². The van der Waals surface area contributed by atoms with Crippen LogP contribution in [-0.2, 0) is 6.54 Å². The molecule has 0 aromatic carbocycles. The van der Waals surface area contributed by atoms with Crippen LogP contribution in [0.25, 0.3) is 0 Å². The molecule has 0 bridgehead atoms. The van der Waals surface area contributed by atoms with Crippen LogP contribution in [0.4, 0.5) is 0 Å². The van der Waals surface area contributed by atoms with Crippen molar-refractivity contribution >= 4 is 33.2 Å². The maximum absolute atomic E-state index is 12.3. The summed E-state index contributed by atoms with van der Waals surface area (Å²) < 4.78 is 5.90. The van der Waals surface area contributed by atoms with E-state index in [1.54, 1.807) is 23.5 Å². The quantitative estimate of drug-likeness (QED) is 0.826. The van der Waals surface area contributed by atoms with E-state index in [2.05, 4.69) is 28.2 Å². The van der Waals surface area contributed by atoms with Crippen LogP contribution in [0.1, 0.15) is 29.5 Å². The third-order valence-electron chi connectivity index (χ3n) is 2.52. The monoisotopic (exact) mass is 327 g/mol. The summed E-state index contributed by atoms with van der Waals surface area (Å²) in [6, 6.07) is 5.48. The van der Waals surface area contributed by atoms with E-state index in [0.717, 1.165) is 18.5 Å². The first-order valence-electron chi connectivity index (χ1n) is 5.76. The zero-order valence-corrected chi connectivity index (χ0v) is 12.5. The van der Waals surface area contributed by atoms with Crippen LogP contribution in [0, 0.1) is 0 Å². The highest BCUT2D eigenvalue weighted by Crippen LogP contribution is 2.18. The van der Waals surface area contributed by atoms with Crippen molar-refractivity contribution in [2.24, 2.45) is 0 Å². The Hall–Kier alpha value is -1.07. The minimum absolute atomic E-state index is 0.0613. The van der Waals surface area contributed by atoms with E-state index in [-0.39, 0.29) is 5.91 Å². The molecule has 2 aromatic rings. The van der Waals surface area contributed by atoms with Gasteiger partial charge in [0.2, 0.25) is 0 Å². The molecule has 5 heteroatoms. The molecule has 0 saturated carbocycles. The van der Waals surface area contributed by atoms with Gasteiger partial charge in [-0.25, -0.2) is 0 Å². The molecule has 0 atom stereocenters. The highest BCUT2D eigenvalue weighted by molar-refractivity contribution is 9.10. The molecule has 0 aliphatic carbocycles. The van der Waals surface area contributed by atoms with Gasteiger partial charge in [-0.3, -0.25) is 4.79 Å². The van der Waals surface area contributed by atoms with Crippen molar-refractivity contribution in [2.45, 2.75) is 19.9 Å². The Morgan fingerprint density at radius 1 is 1.44 bits per heavy atom. The second kappa shape index (κ2) is 6.20. The first-order valence-corrected chi connectivity index (χ1v) is 7.50. The van der Waals surface area contributed by atoms with Gasteiger partial charge in [-0.05, 0) is 56.9 Å². The molecule has 2 aromatic heterocycles. The van der Waals surface area contributed by atoms with Gasteiger partial charge in [-0.1, -0.05) is 6.92 Å². The van der Waals surface area contributed by atoms with Gasteiger partial charge < -0.3 is 9.32 Å². The molecule has 2 rings (SSSR count). The van der Waals surface area contributed by atoms with Gasteiger partial charge in [0.25, 0.3) is 5.91 Å². The fourth-order valence-corrected chi connectivity index (χ4v) is 2.68. The van der Waals surface area contributed by atoms with Crippen LogP contribution in [-0.4, -0.2) is 17.4 Å². The molecule has 0 saturated heterocycles. The Kier molecular flexibility index (Phi) is 4.60. The molecule has 0 spiro atoms. The Morgan fingerprint density at radius 3 is 2.83 bits per heavy atom. The summed E-state index contributed by atoms with van der Waals surface area (Å²) in [5.41, 5.74) is 1.16. The van der Waals surface area contributed by atoms with Gasteiger partial charge in [0.15, 0.2) is 10.4 Å². The third-order valence-corrected chi connectivity index (χ3v) is 3.68. The smallest absolute Gasteiger partial charge is 0.289 e. The predicted octanol–water partition coefficient (Wildman–Crippen LogP) is 4.16. The van der Waals surface area contributed by atoms with Crippen molar-refractivity contribution in [1.29, 1.82) is 0 Å². The summed E-state index contributed by atoms with van der Waals surface area (Å²) in [5, 5.41) is 4.08. The SMILES string of the molecule is CCCN(Cc1ccsc1)C(=O)c1ccc(Br)o1. The maximum Gasteiger partial charge on any atom is 0.289 e. The largest absolute Gasteiger partial charge is 0.444 e. The molecule has 96 valence electrons. The van der Waals surface area contributed by atoms with Crippen LogP contribution < -0.4 is 0 Å². The van der Waals surface area contributed by atoms with Crippen LogP contribution in [0.15, 0.2) is 38.0 Å². The molecule has 18 heavy (non-hydrogen) atoms. The van der Waals surface area contributed by atoms with Crippen molar-refractivity contribution in [1.82, 2.24) is 4.90 Å². The lowest BCUT2D eigenvalue weighted by Crippen LogP contribution is -2.30. The van der Waals surface area contributed by atoms with Crippen LogP contribution in [0.3, 0.4) is 0 Å². The van der Waals surface area contributed by atoms with E-state index >= 15 is 0 Å². The third kappa shape index (κ3) is 3.23. The van der Waals surface area contributed by atoms with Crippen LogP contribution in [0.5, 0.6) is 0 Å². The minimum Gasteiger partial charge on any atom is -0.444 e. The number of carbonyl (C=O) groups is 1. The van der Waals surface area contributed by atoms with Crippen molar-refractivity contribution in [3.8, 4) is 0 Å². The standard InChI is InChI=1S/C13H14BrNO2S/c1-2-6-15(8-10-5-7-18-9-10)13(16)11-3-4-12(14)17-11/h3-5,7,9H,2,6,8H2,1H3. The first-order chi connectivity index (χ1) is 8.70. The number of furan rings is 1. The van der Waals surface area contributed by atoms with Gasteiger partial charge >= 0.3 is 0 Å². The fraction of sp³-hybridized carbons (Fsp3) is 0.308. The van der Waals surface area contributed by atoms with Crippen LogP contribution >= 0.6 is 27.3 Å². The predicted molar refractivity (Wildman–Crippen MR) is 75.8 cm³/mol. The molecule has 0 N–H and O–H groups in total. The molecule has 0 radical (unpaired) electrons. The molecule has 2 heterocycles. The summed E-state index contributed by atoms with van der Waals surface area (Å²) in [6.45, 7) is 3.42. The molecular formula is C13H14BrNO2S. The lowest BCUT2D eigenvalue weighted by molar-refractivity contribution is 0.0709.